The molecule has 0 aliphatic heterocycles. The third kappa shape index (κ3) is 2.24. The van der Waals surface area contributed by atoms with Crippen molar-refractivity contribution in [3.05, 3.63) is 18.0 Å². The Labute approximate surface area is 94.7 Å². The SMILES string of the molecule is CN(CC1CC(O)C1)C(=O)c1ccn(C)n1. The third-order valence-electron chi connectivity index (χ3n) is 3.02. The van der Waals surface area contributed by atoms with Crippen LogP contribution in [0.25, 0.3) is 0 Å². The van der Waals surface area contributed by atoms with E-state index in [1.807, 2.05) is 0 Å². The molecule has 0 unspecified atom stereocenters. The number of aromatic nitrogens is 2. The summed E-state index contributed by atoms with van der Waals surface area (Å²) < 4.78 is 1.62. The van der Waals surface area contributed by atoms with Crippen LogP contribution >= 0.6 is 0 Å². The lowest BCUT2D eigenvalue weighted by molar-refractivity contribution is 0.0264. The maximum atomic E-state index is 11.9. The highest BCUT2D eigenvalue weighted by molar-refractivity contribution is 5.91. The highest BCUT2D eigenvalue weighted by Gasteiger charge is 2.29. The van der Waals surface area contributed by atoms with Crippen molar-refractivity contribution < 1.29 is 9.90 Å². The zero-order chi connectivity index (χ0) is 11.7. The molecule has 5 heteroatoms. The fourth-order valence-corrected chi connectivity index (χ4v) is 2.04. The lowest BCUT2D eigenvalue weighted by Crippen LogP contribution is -2.39. The van der Waals surface area contributed by atoms with Gasteiger partial charge in [-0.3, -0.25) is 9.48 Å². The Balaban J connectivity index is 1.89. The summed E-state index contributed by atoms with van der Waals surface area (Å²) in [6.45, 7) is 0.701. The molecule has 1 saturated carbocycles. The van der Waals surface area contributed by atoms with Crippen LogP contribution in [0, 0.1) is 5.92 Å². The van der Waals surface area contributed by atoms with Gasteiger partial charge in [0.2, 0.25) is 0 Å². The van der Waals surface area contributed by atoms with Gasteiger partial charge in [0.05, 0.1) is 6.10 Å². The predicted octanol–water partition coefficient (Wildman–Crippen LogP) is 0.263. The summed E-state index contributed by atoms with van der Waals surface area (Å²) in [6, 6.07) is 1.72. The van der Waals surface area contributed by atoms with E-state index in [1.54, 1.807) is 35.9 Å². The van der Waals surface area contributed by atoms with Gasteiger partial charge >= 0.3 is 0 Å². The fraction of sp³-hybridized carbons (Fsp3) is 0.636. The maximum Gasteiger partial charge on any atom is 0.274 e. The van der Waals surface area contributed by atoms with Crippen LogP contribution in [0.15, 0.2) is 12.3 Å². The molecule has 5 nitrogen and oxygen atoms in total. The first-order chi connectivity index (χ1) is 7.56. The average molecular weight is 223 g/mol. The van der Waals surface area contributed by atoms with E-state index in [0.717, 1.165) is 12.8 Å². The van der Waals surface area contributed by atoms with Crippen LogP contribution < -0.4 is 0 Å². The van der Waals surface area contributed by atoms with Crippen molar-refractivity contribution in [1.82, 2.24) is 14.7 Å². The topological polar surface area (TPSA) is 58.4 Å². The standard InChI is InChI=1S/C11H17N3O2/c1-13(7-8-5-9(15)6-8)11(16)10-3-4-14(2)12-10/h3-4,8-9,15H,5-7H2,1-2H3. The highest BCUT2D eigenvalue weighted by Crippen LogP contribution is 2.27. The molecule has 1 aliphatic rings. The normalized spacial score (nSPS) is 23.9. The molecule has 1 heterocycles. The molecule has 1 amide bonds. The quantitative estimate of drug-likeness (QED) is 0.799. The summed E-state index contributed by atoms with van der Waals surface area (Å²) in [5, 5.41) is 13.2. The molecular weight excluding hydrogens is 206 g/mol. The Bertz CT molecular complexity index is 382. The first-order valence-electron chi connectivity index (χ1n) is 5.49. The highest BCUT2D eigenvalue weighted by atomic mass is 16.3. The monoisotopic (exact) mass is 223 g/mol. The van der Waals surface area contributed by atoms with Gasteiger partial charge < -0.3 is 10.0 Å². The van der Waals surface area contributed by atoms with Crippen LogP contribution in [0.1, 0.15) is 23.3 Å². The molecule has 0 aromatic carbocycles. The second-order valence-electron chi connectivity index (χ2n) is 4.55. The van der Waals surface area contributed by atoms with Gasteiger partial charge in [-0.25, -0.2) is 0 Å². The van der Waals surface area contributed by atoms with Crippen LogP contribution in [0.2, 0.25) is 0 Å². The molecule has 0 radical (unpaired) electrons. The van der Waals surface area contributed by atoms with Crippen LogP contribution in [0.4, 0.5) is 0 Å². The molecule has 2 rings (SSSR count). The number of hydrogen-bond donors (Lipinski definition) is 1. The molecular formula is C11H17N3O2. The van der Waals surface area contributed by atoms with Gasteiger partial charge in [0, 0.05) is 26.8 Å². The van der Waals surface area contributed by atoms with Crippen molar-refractivity contribution in [3.63, 3.8) is 0 Å². The van der Waals surface area contributed by atoms with Crippen molar-refractivity contribution in [1.29, 1.82) is 0 Å². The molecule has 1 aromatic rings. The Kier molecular flexibility index (Phi) is 2.96. The van der Waals surface area contributed by atoms with Gasteiger partial charge in [0.1, 0.15) is 5.69 Å². The maximum absolute atomic E-state index is 11.9. The van der Waals surface area contributed by atoms with Crippen molar-refractivity contribution in [2.75, 3.05) is 13.6 Å². The van der Waals surface area contributed by atoms with Crippen LogP contribution in [-0.2, 0) is 7.05 Å². The van der Waals surface area contributed by atoms with E-state index in [4.69, 9.17) is 0 Å². The lowest BCUT2D eigenvalue weighted by atomic mass is 9.82. The predicted molar refractivity (Wildman–Crippen MR) is 58.9 cm³/mol. The molecule has 1 aliphatic carbocycles. The lowest BCUT2D eigenvalue weighted by Gasteiger charge is -2.34. The molecule has 0 bridgehead atoms. The number of aliphatic hydroxyl groups is 1. The van der Waals surface area contributed by atoms with E-state index in [0.29, 0.717) is 18.2 Å². The van der Waals surface area contributed by atoms with Gasteiger partial charge in [-0.15, -0.1) is 0 Å². The van der Waals surface area contributed by atoms with E-state index in [-0.39, 0.29) is 12.0 Å². The Morgan fingerprint density at radius 3 is 2.88 bits per heavy atom. The molecule has 1 N–H and O–H groups in total. The number of nitrogens with zero attached hydrogens (tertiary/aromatic N) is 3. The summed E-state index contributed by atoms with van der Waals surface area (Å²) >= 11 is 0. The zero-order valence-corrected chi connectivity index (χ0v) is 9.63. The van der Waals surface area contributed by atoms with E-state index >= 15 is 0 Å². The molecule has 88 valence electrons. The Hall–Kier alpha value is -1.36. The smallest absolute Gasteiger partial charge is 0.274 e. The number of carbonyl (C=O) groups is 1. The minimum Gasteiger partial charge on any atom is -0.393 e. The average Bonchev–Trinajstić information content (AvgIpc) is 2.61. The number of hydrogen-bond acceptors (Lipinski definition) is 3. The van der Waals surface area contributed by atoms with Crippen LogP contribution in [-0.4, -0.2) is 45.4 Å². The van der Waals surface area contributed by atoms with Crippen molar-refractivity contribution in [2.45, 2.75) is 18.9 Å². The van der Waals surface area contributed by atoms with Gasteiger partial charge in [0.15, 0.2) is 0 Å². The van der Waals surface area contributed by atoms with Crippen molar-refractivity contribution in [2.24, 2.45) is 13.0 Å². The van der Waals surface area contributed by atoms with E-state index in [1.165, 1.54) is 0 Å². The largest absolute Gasteiger partial charge is 0.393 e. The molecule has 1 fully saturated rings. The Morgan fingerprint density at radius 1 is 1.69 bits per heavy atom. The molecule has 0 spiro atoms. The first kappa shape index (κ1) is 11.1. The first-order valence-corrected chi connectivity index (χ1v) is 5.49. The third-order valence-corrected chi connectivity index (χ3v) is 3.02. The number of aryl methyl sites for hydroxylation is 1. The van der Waals surface area contributed by atoms with Gasteiger partial charge in [-0.1, -0.05) is 0 Å². The number of amides is 1. The van der Waals surface area contributed by atoms with Crippen molar-refractivity contribution >= 4 is 5.91 Å². The van der Waals surface area contributed by atoms with Crippen LogP contribution in [0.5, 0.6) is 0 Å². The second kappa shape index (κ2) is 4.25. The minimum atomic E-state index is -0.164. The van der Waals surface area contributed by atoms with Gasteiger partial charge in [-0.2, -0.15) is 5.10 Å². The van der Waals surface area contributed by atoms with E-state index in [2.05, 4.69) is 5.10 Å². The summed E-state index contributed by atoms with van der Waals surface area (Å²) in [4.78, 5) is 13.6. The molecule has 16 heavy (non-hydrogen) atoms. The molecule has 0 atom stereocenters. The second-order valence-corrected chi connectivity index (χ2v) is 4.55. The summed E-state index contributed by atoms with van der Waals surface area (Å²) in [5.74, 6) is 0.384. The molecule has 0 saturated heterocycles. The van der Waals surface area contributed by atoms with Crippen molar-refractivity contribution in [3.8, 4) is 0 Å². The van der Waals surface area contributed by atoms with Crippen LogP contribution in [0.3, 0.4) is 0 Å². The van der Waals surface area contributed by atoms with E-state index in [9.17, 15) is 9.90 Å². The van der Waals surface area contributed by atoms with Gasteiger partial charge in [0.25, 0.3) is 5.91 Å². The summed E-state index contributed by atoms with van der Waals surface area (Å²) in [7, 11) is 3.57. The van der Waals surface area contributed by atoms with Gasteiger partial charge in [-0.05, 0) is 24.8 Å². The minimum absolute atomic E-state index is 0.0537. The zero-order valence-electron chi connectivity index (χ0n) is 9.63. The summed E-state index contributed by atoms with van der Waals surface area (Å²) in [6.07, 6.45) is 3.21. The Morgan fingerprint density at radius 2 is 2.38 bits per heavy atom. The molecule has 1 aromatic heterocycles. The number of carbonyl (C=O) groups excluding carboxylic acids is 1. The summed E-state index contributed by atoms with van der Waals surface area (Å²) in [5.41, 5.74) is 0.477. The fourth-order valence-electron chi connectivity index (χ4n) is 2.04. The van der Waals surface area contributed by atoms with E-state index < -0.39 is 0 Å². The number of aliphatic hydroxyl groups excluding tert-OH is 1. The number of rotatable bonds is 3.